The van der Waals surface area contributed by atoms with Crippen molar-refractivity contribution in [1.82, 2.24) is 0 Å². The highest BCUT2D eigenvalue weighted by Crippen LogP contribution is 2.31. The van der Waals surface area contributed by atoms with Crippen molar-refractivity contribution in [2.45, 2.75) is 6.92 Å². The van der Waals surface area contributed by atoms with Gasteiger partial charge in [-0.2, -0.15) is 0 Å². The predicted molar refractivity (Wildman–Crippen MR) is 77.9 cm³/mol. The molecule has 0 fully saturated rings. The van der Waals surface area contributed by atoms with Crippen molar-refractivity contribution in [3.8, 4) is 11.5 Å². The molecule has 0 aliphatic heterocycles. The molecule has 0 atom stereocenters. The lowest BCUT2D eigenvalue weighted by molar-refractivity contribution is 0.318. The number of rotatable bonds is 3. The average molecular weight is 321 g/mol. The highest BCUT2D eigenvalue weighted by atomic mass is 79.9. The summed E-state index contributed by atoms with van der Waals surface area (Å²) < 4.78 is 6.63. The number of hydrogen-bond donors (Lipinski definition) is 2. The van der Waals surface area contributed by atoms with Crippen LogP contribution < -0.4 is 10.5 Å². The molecule has 2 aromatic rings. The summed E-state index contributed by atoms with van der Waals surface area (Å²) >= 11 is 3.41. The summed E-state index contributed by atoms with van der Waals surface area (Å²) in [5.74, 6) is 1.22. The number of oxime groups is 1. The van der Waals surface area contributed by atoms with Crippen LogP contribution in [-0.2, 0) is 0 Å². The van der Waals surface area contributed by atoms with Gasteiger partial charge in [-0.15, -0.1) is 0 Å². The zero-order valence-electron chi connectivity index (χ0n) is 10.3. The second kappa shape index (κ2) is 5.75. The first-order valence-electron chi connectivity index (χ1n) is 5.62. The zero-order chi connectivity index (χ0) is 13.8. The number of nitrogens with two attached hydrogens (primary N) is 1. The molecule has 0 amide bonds. The molecule has 0 aromatic heterocycles. The molecule has 4 nitrogen and oxygen atoms in total. The summed E-state index contributed by atoms with van der Waals surface area (Å²) in [5, 5.41) is 11.8. The molecule has 98 valence electrons. The maximum Gasteiger partial charge on any atom is 0.173 e. The largest absolute Gasteiger partial charge is 0.455 e. The fourth-order valence-corrected chi connectivity index (χ4v) is 2.00. The topological polar surface area (TPSA) is 67.8 Å². The maximum absolute atomic E-state index is 8.82. The van der Waals surface area contributed by atoms with Gasteiger partial charge in [-0.3, -0.25) is 0 Å². The van der Waals surface area contributed by atoms with Gasteiger partial charge in [0.25, 0.3) is 0 Å². The van der Waals surface area contributed by atoms with Gasteiger partial charge in [0.15, 0.2) is 5.84 Å². The van der Waals surface area contributed by atoms with Gasteiger partial charge < -0.3 is 15.7 Å². The number of hydrogen-bond acceptors (Lipinski definition) is 3. The minimum atomic E-state index is 0.0192. The number of halogens is 1. The van der Waals surface area contributed by atoms with E-state index < -0.39 is 0 Å². The van der Waals surface area contributed by atoms with Gasteiger partial charge in [0.1, 0.15) is 11.5 Å². The third kappa shape index (κ3) is 3.06. The minimum absolute atomic E-state index is 0.0192. The van der Waals surface area contributed by atoms with Crippen LogP contribution in [-0.4, -0.2) is 11.0 Å². The van der Waals surface area contributed by atoms with Crippen LogP contribution in [0, 0.1) is 6.92 Å². The van der Waals surface area contributed by atoms with Gasteiger partial charge in [0.2, 0.25) is 0 Å². The lowest BCUT2D eigenvalue weighted by Crippen LogP contribution is -2.14. The summed E-state index contributed by atoms with van der Waals surface area (Å²) in [6.07, 6.45) is 0. The molecule has 19 heavy (non-hydrogen) atoms. The number of para-hydroxylation sites is 1. The Morgan fingerprint density at radius 3 is 2.63 bits per heavy atom. The van der Waals surface area contributed by atoms with Crippen LogP contribution in [0.25, 0.3) is 0 Å². The van der Waals surface area contributed by atoms with Crippen LogP contribution in [0.5, 0.6) is 11.5 Å². The number of nitrogens with zero attached hydrogens (tertiary/aromatic N) is 1. The summed E-state index contributed by atoms with van der Waals surface area (Å²) in [6, 6.07) is 13.0. The number of ether oxygens (including phenoxy) is 1. The SMILES string of the molecule is Cc1ccc(Oc2ccccc2Br)c(/C(N)=N/O)c1. The molecule has 0 bridgehead atoms. The van der Waals surface area contributed by atoms with Crippen LogP contribution in [0.2, 0.25) is 0 Å². The molecule has 0 saturated carbocycles. The molecule has 2 aromatic carbocycles. The molecule has 0 radical (unpaired) electrons. The quantitative estimate of drug-likeness (QED) is 0.392. The normalized spacial score (nSPS) is 11.4. The van der Waals surface area contributed by atoms with Crippen molar-refractivity contribution in [2.75, 3.05) is 0 Å². The summed E-state index contributed by atoms with van der Waals surface area (Å²) in [4.78, 5) is 0. The van der Waals surface area contributed by atoms with E-state index >= 15 is 0 Å². The van der Waals surface area contributed by atoms with E-state index in [0.717, 1.165) is 10.0 Å². The zero-order valence-corrected chi connectivity index (χ0v) is 11.9. The monoisotopic (exact) mass is 320 g/mol. The Morgan fingerprint density at radius 2 is 1.95 bits per heavy atom. The highest BCUT2D eigenvalue weighted by Gasteiger charge is 2.11. The summed E-state index contributed by atoms with van der Waals surface area (Å²) in [6.45, 7) is 1.93. The predicted octanol–water partition coefficient (Wildman–Crippen LogP) is 3.64. The Balaban J connectivity index is 2.43. The molecular weight excluding hydrogens is 308 g/mol. The summed E-state index contributed by atoms with van der Waals surface area (Å²) in [7, 11) is 0. The van der Waals surface area contributed by atoms with Crippen LogP contribution in [0.15, 0.2) is 52.1 Å². The Morgan fingerprint density at radius 1 is 1.21 bits per heavy atom. The van der Waals surface area contributed by atoms with Crippen molar-refractivity contribution in [1.29, 1.82) is 0 Å². The van der Waals surface area contributed by atoms with E-state index in [1.165, 1.54) is 0 Å². The third-order valence-electron chi connectivity index (χ3n) is 2.58. The van der Waals surface area contributed by atoms with Gasteiger partial charge >= 0.3 is 0 Å². The standard InChI is InChI=1S/C14H13BrN2O2/c1-9-6-7-12(10(8-9)14(16)17-18)19-13-5-3-2-4-11(13)15/h2-8,18H,1H3,(H2,16,17). The lowest BCUT2D eigenvalue weighted by atomic mass is 10.1. The molecule has 0 aliphatic carbocycles. The van der Waals surface area contributed by atoms with Gasteiger partial charge in [-0.1, -0.05) is 28.9 Å². The molecular formula is C14H13BrN2O2. The van der Waals surface area contributed by atoms with E-state index in [1.807, 2.05) is 37.3 Å². The van der Waals surface area contributed by atoms with Crippen molar-refractivity contribution in [3.05, 3.63) is 58.1 Å². The van der Waals surface area contributed by atoms with E-state index in [4.69, 9.17) is 15.7 Å². The number of benzene rings is 2. The second-order valence-electron chi connectivity index (χ2n) is 4.02. The Kier molecular flexibility index (Phi) is 4.06. The van der Waals surface area contributed by atoms with Gasteiger partial charge in [-0.25, -0.2) is 0 Å². The van der Waals surface area contributed by atoms with Gasteiger partial charge in [0, 0.05) is 0 Å². The number of aryl methyl sites for hydroxylation is 1. The molecule has 0 unspecified atom stereocenters. The molecule has 3 N–H and O–H groups in total. The molecule has 0 saturated heterocycles. The Bertz CT molecular complexity index is 627. The third-order valence-corrected chi connectivity index (χ3v) is 3.23. The molecule has 0 heterocycles. The molecule has 0 aliphatic rings. The van der Waals surface area contributed by atoms with Crippen molar-refractivity contribution < 1.29 is 9.94 Å². The van der Waals surface area contributed by atoms with Crippen LogP contribution in [0.1, 0.15) is 11.1 Å². The number of amidine groups is 1. The molecule has 0 spiro atoms. The fourth-order valence-electron chi connectivity index (χ4n) is 1.63. The maximum atomic E-state index is 8.82. The van der Waals surface area contributed by atoms with Crippen molar-refractivity contribution in [2.24, 2.45) is 10.9 Å². The second-order valence-corrected chi connectivity index (χ2v) is 4.87. The van der Waals surface area contributed by atoms with Crippen LogP contribution in [0.3, 0.4) is 0 Å². The summed E-state index contributed by atoms with van der Waals surface area (Å²) in [5.41, 5.74) is 7.22. The lowest BCUT2D eigenvalue weighted by Gasteiger charge is -2.12. The van der Waals surface area contributed by atoms with Crippen LogP contribution >= 0.6 is 15.9 Å². The first kappa shape index (κ1) is 13.4. The Hall–Kier alpha value is -2.01. The van der Waals surface area contributed by atoms with E-state index in [-0.39, 0.29) is 5.84 Å². The molecule has 5 heteroatoms. The van der Waals surface area contributed by atoms with Crippen LogP contribution in [0.4, 0.5) is 0 Å². The fraction of sp³-hybridized carbons (Fsp3) is 0.0714. The van der Waals surface area contributed by atoms with E-state index in [2.05, 4.69) is 21.1 Å². The van der Waals surface area contributed by atoms with E-state index in [1.54, 1.807) is 12.1 Å². The van der Waals surface area contributed by atoms with Crippen molar-refractivity contribution in [3.63, 3.8) is 0 Å². The minimum Gasteiger partial charge on any atom is -0.455 e. The smallest absolute Gasteiger partial charge is 0.173 e. The van der Waals surface area contributed by atoms with Gasteiger partial charge in [-0.05, 0) is 47.1 Å². The molecule has 2 rings (SSSR count). The van der Waals surface area contributed by atoms with Crippen molar-refractivity contribution >= 4 is 21.8 Å². The highest BCUT2D eigenvalue weighted by molar-refractivity contribution is 9.10. The first-order valence-corrected chi connectivity index (χ1v) is 6.42. The van der Waals surface area contributed by atoms with Gasteiger partial charge in [0.05, 0.1) is 10.0 Å². The van der Waals surface area contributed by atoms with E-state index in [9.17, 15) is 0 Å². The van der Waals surface area contributed by atoms with E-state index in [0.29, 0.717) is 17.1 Å². The first-order chi connectivity index (χ1) is 9.11. The Labute approximate surface area is 119 Å². The average Bonchev–Trinajstić information content (AvgIpc) is 2.42.